The van der Waals surface area contributed by atoms with E-state index in [9.17, 15) is 9.59 Å². The number of hydrogen-bond donors (Lipinski definition) is 1. The Morgan fingerprint density at radius 3 is 2.47 bits per heavy atom. The maximum atomic E-state index is 13.1. The summed E-state index contributed by atoms with van der Waals surface area (Å²) in [4.78, 5) is 26.8. The van der Waals surface area contributed by atoms with Gasteiger partial charge < -0.3 is 29.0 Å². The van der Waals surface area contributed by atoms with E-state index in [-0.39, 0.29) is 25.8 Å². The SMILES string of the molecule is CCOC(C)OC[C@H]1OC(C)(C)N(C(=O)OC(C)(C)C)[C@@H]1CCNC(=O)OCc1ccccc1. The summed E-state index contributed by atoms with van der Waals surface area (Å²) in [6, 6.07) is 9.07. The van der Waals surface area contributed by atoms with E-state index in [4.69, 9.17) is 23.7 Å². The maximum absolute atomic E-state index is 13.1. The molecule has 1 aromatic carbocycles. The Kier molecular flexibility index (Phi) is 10.1. The first-order chi connectivity index (χ1) is 15.9. The zero-order chi connectivity index (χ0) is 25.4. The molecule has 2 amide bonds. The molecule has 1 heterocycles. The van der Waals surface area contributed by atoms with Gasteiger partial charge in [-0.15, -0.1) is 0 Å². The summed E-state index contributed by atoms with van der Waals surface area (Å²) in [7, 11) is 0. The van der Waals surface area contributed by atoms with Crippen LogP contribution >= 0.6 is 0 Å². The second kappa shape index (κ2) is 12.4. The number of carbonyl (C=O) groups excluding carboxylic acids is 2. The first-order valence-corrected chi connectivity index (χ1v) is 11.8. The van der Waals surface area contributed by atoms with Gasteiger partial charge in [0.1, 0.15) is 24.0 Å². The van der Waals surface area contributed by atoms with Crippen molar-refractivity contribution in [2.75, 3.05) is 19.8 Å². The number of alkyl carbamates (subject to hydrolysis) is 1. The van der Waals surface area contributed by atoms with Crippen molar-refractivity contribution in [3.05, 3.63) is 35.9 Å². The van der Waals surface area contributed by atoms with Gasteiger partial charge in [0.2, 0.25) is 0 Å². The number of ether oxygens (including phenoxy) is 5. The van der Waals surface area contributed by atoms with Crippen LogP contribution in [0.25, 0.3) is 0 Å². The Hall–Kier alpha value is -2.36. The average molecular weight is 481 g/mol. The summed E-state index contributed by atoms with van der Waals surface area (Å²) >= 11 is 0. The molecule has 1 fully saturated rings. The van der Waals surface area contributed by atoms with E-state index in [1.54, 1.807) is 4.90 Å². The van der Waals surface area contributed by atoms with Crippen molar-refractivity contribution < 1.29 is 33.3 Å². The number of nitrogens with one attached hydrogen (secondary N) is 1. The average Bonchev–Trinajstić information content (AvgIpc) is 3.00. The van der Waals surface area contributed by atoms with Gasteiger partial charge in [-0.05, 0) is 60.5 Å². The summed E-state index contributed by atoms with van der Waals surface area (Å²) in [5.74, 6) is 0. The van der Waals surface area contributed by atoms with Crippen molar-refractivity contribution in [3.8, 4) is 0 Å². The minimum Gasteiger partial charge on any atom is -0.445 e. The van der Waals surface area contributed by atoms with Crippen LogP contribution in [0.4, 0.5) is 9.59 Å². The van der Waals surface area contributed by atoms with Crippen LogP contribution < -0.4 is 5.32 Å². The Bertz CT molecular complexity index is 779. The van der Waals surface area contributed by atoms with E-state index in [2.05, 4.69) is 5.32 Å². The minimum atomic E-state index is -0.913. The van der Waals surface area contributed by atoms with Gasteiger partial charge in [0.05, 0.1) is 12.6 Å². The molecule has 0 aliphatic carbocycles. The first-order valence-electron chi connectivity index (χ1n) is 11.8. The largest absolute Gasteiger partial charge is 0.445 e. The minimum absolute atomic E-state index is 0.183. The van der Waals surface area contributed by atoms with E-state index >= 15 is 0 Å². The van der Waals surface area contributed by atoms with Gasteiger partial charge in [-0.1, -0.05) is 30.3 Å². The van der Waals surface area contributed by atoms with Crippen molar-refractivity contribution in [2.24, 2.45) is 0 Å². The van der Waals surface area contributed by atoms with E-state index in [0.717, 1.165) is 5.56 Å². The molecule has 9 heteroatoms. The number of amides is 2. The monoisotopic (exact) mass is 480 g/mol. The Balaban J connectivity index is 2.02. The number of rotatable bonds is 10. The Labute approximate surface area is 203 Å². The highest BCUT2D eigenvalue weighted by Gasteiger charge is 2.51. The highest BCUT2D eigenvalue weighted by molar-refractivity contribution is 5.70. The molecule has 1 saturated heterocycles. The maximum Gasteiger partial charge on any atom is 0.412 e. The summed E-state index contributed by atoms with van der Waals surface area (Å²) in [6.07, 6.45) is -1.40. The molecule has 1 N–H and O–H groups in total. The molecule has 0 bridgehead atoms. The van der Waals surface area contributed by atoms with Crippen molar-refractivity contribution >= 4 is 12.2 Å². The van der Waals surface area contributed by atoms with Crippen LogP contribution in [-0.4, -0.2) is 66.6 Å². The second-order valence-electron chi connectivity index (χ2n) is 9.65. The molecular weight excluding hydrogens is 440 g/mol. The summed E-state index contributed by atoms with van der Waals surface area (Å²) in [6.45, 7) is 14.0. The lowest BCUT2D eigenvalue weighted by molar-refractivity contribution is -0.158. The molecular formula is C25H40N2O7. The number of nitrogens with zero attached hydrogens (tertiary/aromatic N) is 1. The van der Waals surface area contributed by atoms with Gasteiger partial charge in [-0.2, -0.15) is 0 Å². The lowest BCUT2D eigenvalue weighted by atomic mass is 10.1. The smallest absolute Gasteiger partial charge is 0.412 e. The van der Waals surface area contributed by atoms with E-state index in [1.165, 1.54) is 0 Å². The molecule has 0 saturated carbocycles. The van der Waals surface area contributed by atoms with Gasteiger partial charge in [-0.3, -0.25) is 4.90 Å². The Morgan fingerprint density at radius 2 is 1.85 bits per heavy atom. The zero-order valence-corrected chi connectivity index (χ0v) is 21.5. The Morgan fingerprint density at radius 1 is 1.18 bits per heavy atom. The lowest BCUT2D eigenvalue weighted by Crippen LogP contribution is -2.51. The van der Waals surface area contributed by atoms with Gasteiger partial charge in [0, 0.05) is 13.2 Å². The fourth-order valence-electron chi connectivity index (χ4n) is 3.81. The third-order valence-corrected chi connectivity index (χ3v) is 5.19. The zero-order valence-electron chi connectivity index (χ0n) is 21.5. The molecule has 192 valence electrons. The predicted octanol–water partition coefficient (Wildman–Crippen LogP) is 4.44. The fraction of sp³-hybridized carbons (Fsp3) is 0.680. The predicted molar refractivity (Wildman–Crippen MR) is 127 cm³/mol. The van der Waals surface area contributed by atoms with Crippen LogP contribution in [0.1, 0.15) is 60.5 Å². The van der Waals surface area contributed by atoms with Crippen molar-refractivity contribution in [1.29, 1.82) is 0 Å². The van der Waals surface area contributed by atoms with E-state index in [1.807, 2.05) is 78.8 Å². The van der Waals surface area contributed by atoms with Gasteiger partial charge in [-0.25, -0.2) is 9.59 Å². The fourth-order valence-corrected chi connectivity index (χ4v) is 3.81. The van der Waals surface area contributed by atoms with Gasteiger partial charge >= 0.3 is 12.2 Å². The summed E-state index contributed by atoms with van der Waals surface area (Å²) < 4.78 is 28.4. The van der Waals surface area contributed by atoms with Crippen LogP contribution in [0.5, 0.6) is 0 Å². The quantitative estimate of drug-likeness (QED) is 0.495. The van der Waals surface area contributed by atoms with Gasteiger partial charge in [0.15, 0.2) is 6.29 Å². The first kappa shape index (κ1) is 27.9. The van der Waals surface area contributed by atoms with Gasteiger partial charge in [0.25, 0.3) is 0 Å². The normalized spacial score (nSPS) is 20.6. The lowest BCUT2D eigenvalue weighted by Gasteiger charge is -2.35. The highest BCUT2D eigenvalue weighted by atomic mass is 16.7. The third kappa shape index (κ3) is 8.77. The third-order valence-electron chi connectivity index (χ3n) is 5.19. The highest BCUT2D eigenvalue weighted by Crippen LogP contribution is 2.35. The van der Waals surface area contributed by atoms with Crippen molar-refractivity contribution in [2.45, 2.75) is 91.3 Å². The molecule has 9 nitrogen and oxygen atoms in total. The molecule has 1 aliphatic rings. The van der Waals surface area contributed by atoms with Crippen molar-refractivity contribution in [3.63, 3.8) is 0 Å². The molecule has 0 radical (unpaired) electrons. The van der Waals surface area contributed by atoms with E-state index < -0.39 is 35.9 Å². The summed E-state index contributed by atoms with van der Waals surface area (Å²) in [5, 5.41) is 2.76. The van der Waals surface area contributed by atoms with Crippen LogP contribution in [0.2, 0.25) is 0 Å². The number of benzene rings is 1. The summed E-state index contributed by atoms with van der Waals surface area (Å²) in [5.41, 5.74) is -0.667. The molecule has 0 aromatic heterocycles. The number of carbonyl (C=O) groups is 2. The van der Waals surface area contributed by atoms with E-state index in [0.29, 0.717) is 13.0 Å². The molecule has 3 atom stereocenters. The van der Waals surface area contributed by atoms with Crippen LogP contribution in [0.15, 0.2) is 30.3 Å². The molecule has 34 heavy (non-hydrogen) atoms. The molecule has 1 aromatic rings. The van der Waals surface area contributed by atoms with Crippen molar-refractivity contribution in [1.82, 2.24) is 10.2 Å². The molecule has 1 unspecified atom stereocenters. The molecule has 2 rings (SSSR count). The molecule has 0 spiro atoms. The topological polar surface area (TPSA) is 95.6 Å². The molecule has 1 aliphatic heterocycles. The number of hydrogen-bond acceptors (Lipinski definition) is 7. The second-order valence-corrected chi connectivity index (χ2v) is 9.65. The van der Waals surface area contributed by atoms with Crippen LogP contribution in [0.3, 0.4) is 0 Å². The standard InChI is InChI=1S/C25H40N2O7/c1-8-30-18(2)31-17-21-20(27(25(6,7)33-21)23(29)34-24(3,4)5)14-15-26-22(28)32-16-19-12-10-9-11-13-19/h9-13,18,20-21H,8,14-17H2,1-7H3,(H,26,28)/t18?,20-,21-/m1/s1. The van der Waals surface area contributed by atoms with Crippen LogP contribution in [-0.2, 0) is 30.3 Å². The van der Waals surface area contributed by atoms with Crippen LogP contribution in [0, 0.1) is 0 Å².